The second-order valence-corrected chi connectivity index (χ2v) is 8.14. The van der Waals surface area contributed by atoms with Crippen LogP contribution in [0.4, 0.5) is 4.39 Å². The zero-order valence-electron chi connectivity index (χ0n) is 14.0. The molecule has 5 nitrogen and oxygen atoms in total. The quantitative estimate of drug-likeness (QED) is 0.366. The average Bonchev–Trinajstić information content (AvgIpc) is 3.27. The van der Waals surface area contributed by atoms with Gasteiger partial charge in [-0.3, -0.25) is 0 Å². The maximum absolute atomic E-state index is 13.5. The average molecular weight is 469 g/mol. The summed E-state index contributed by atoms with van der Waals surface area (Å²) in [5.41, 5.74) is 1.19. The normalized spacial score (nSPS) is 14.9. The fraction of sp³-hybridized carbons (Fsp3) is 0.562. The van der Waals surface area contributed by atoms with E-state index >= 15 is 0 Å². The Labute approximate surface area is 160 Å². The van der Waals surface area contributed by atoms with Crippen LogP contribution in [-0.2, 0) is 22.1 Å². The Hall–Kier alpha value is -0.900. The van der Waals surface area contributed by atoms with E-state index in [-0.39, 0.29) is 42.1 Å². The second-order valence-electron chi connectivity index (χ2n) is 6.00. The molecule has 136 valence electrons. The second kappa shape index (κ2) is 9.55. The maximum atomic E-state index is 13.5. The van der Waals surface area contributed by atoms with Crippen molar-refractivity contribution >= 4 is 39.8 Å². The molecule has 0 radical (unpaired) electrons. The van der Waals surface area contributed by atoms with Crippen LogP contribution in [0.15, 0.2) is 23.2 Å². The van der Waals surface area contributed by atoms with E-state index in [9.17, 15) is 12.8 Å². The lowest BCUT2D eigenvalue weighted by atomic mass is 10.1. The van der Waals surface area contributed by atoms with E-state index in [1.54, 1.807) is 0 Å². The van der Waals surface area contributed by atoms with E-state index in [2.05, 4.69) is 15.6 Å². The van der Waals surface area contributed by atoms with Crippen LogP contribution in [0.5, 0.6) is 0 Å². The number of rotatable bonds is 7. The minimum atomic E-state index is -3.18. The van der Waals surface area contributed by atoms with E-state index < -0.39 is 9.84 Å². The summed E-state index contributed by atoms with van der Waals surface area (Å²) in [7, 11) is -3.18. The molecule has 0 amide bonds. The first-order valence-electron chi connectivity index (χ1n) is 7.84. The molecule has 1 aliphatic rings. The van der Waals surface area contributed by atoms with Crippen LogP contribution in [-0.4, -0.2) is 33.7 Å². The van der Waals surface area contributed by atoms with Gasteiger partial charge in [-0.15, -0.1) is 24.0 Å². The van der Waals surface area contributed by atoms with E-state index in [4.69, 9.17) is 0 Å². The third-order valence-electron chi connectivity index (χ3n) is 3.59. The van der Waals surface area contributed by atoms with E-state index in [1.807, 2.05) is 6.92 Å². The van der Waals surface area contributed by atoms with Gasteiger partial charge in [-0.25, -0.2) is 17.8 Å². The van der Waals surface area contributed by atoms with Crippen LogP contribution < -0.4 is 10.6 Å². The van der Waals surface area contributed by atoms with Crippen LogP contribution in [0.2, 0.25) is 0 Å². The lowest BCUT2D eigenvalue weighted by Gasteiger charge is -2.12. The largest absolute Gasteiger partial charge is 0.357 e. The van der Waals surface area contributed by atoms with Crippen molar-refractivity contribution in [3.8, 4) is 0 Å². The molecule has 0 aromatic heterocycles. The molecule has 0 heterocycles. The van der Waals surface area contributed by atoms with Crippen LogP contribution >= 0.6 is 24.0 Å². The lowest BCUT2D eigenvalue weighted by Crippen LogP contribution is -2.38. The standard InChI is InChI=1S/C16H24FN3O2S.HI/c1-3-18-16(19-9-12-4-5-12)20-10-14-8-15(17)7-6-13(14)11-23(2,21)22;/h6-8,12H,3-5,9-11H2,1-2H3,(H2,18,19,20);1H. The monoisotopic (exact) mass is 469 g/mol. The molecular weight excluding hydrogens is 444 g/mol. The summed E-state index contributed by atoms with van der Waals surface area (Å²) in [5, 5.41) is 6.41. The van der Waals surface area contributed by atoms with E-state index in [0.29, 0.717) is 23.0 Å². The first kappa shape index (κ1) is 21.1. The van der Waals surface area contributed by atoms with Crippen molar-refractivity contribution in [1.29, 1.82) is 0 Å². The van der Waals surface area contributed by atoms with Crippen molar-refractivity contribution < 1.29 is 12.8 Å². The fourth-order valence-corrected chi connectivity index (χ4v) is 3.08. The minimum absolute atomic E-state index is 0. The third kappa shape index (κ3) is 7.78. The molecule has 1 aromatic carbocycles. The van der Waals surface area contributed by atoms with E-state index in [1.165, 1.54) is 37.3 Å². The number of guanidine groups is 1. The van der Waals surface area contributed by atoms with Gasteiger partial charge in [0.05, 0.1) is 12.3 Å². The van der Waals surface area contributed by atoms with Crippen molar-refractivity contribution in [3.63, 3.8) is 0 Å². The highest BCUT2D eigenvalue weighted by Gasteiger charge is 2.21. The molecule has 0 spiro atoms. The number of hydrogen-bond acceptors (Lipinski definition) is 3. The number of sulfone groups is 1. The smallest absolute Gasteiger partial charge is 0.191 e. The molecule has 0 saturated heterocycles. The van der Waals surface area contributed by atoms with Crippen LogP contribution in [0.1, 0.15) is 30.9 Å². The predicted molar refractivity (Wildman–Crippen MR) is 106 cm³/mol. The molecule has 0 aliphatic heterocycles. The number of nitrogens with zero attached hydrogens (tertiary/aromatic N) is 1. The van der Waals surface area contributed by atoms with Crippen LogP contribution in [0.25, 0.3) is 0 Å². The van der Waals surface area contributed by atoms with Gasteiger partial charge in [-0.05, 0) is 48.9 Å². The summed E-state index contributed by atoms with van der Waals surface area (Å²) in [6.07, 6.45) is 3.66. The van der Waals surface area contributed by atoms with Crippen LogP contribution in [0.3, 0.4) is 0 Å². The summed E-state index contributed by atoms with van der Waals surface area (Å²) in [6, 6.07) is 4.16. The molecular formula is C16H25FIN3O2S. The van der Waals surface area contributed by atoms with Gasteiger partial charge in [0.2, 0.25) is 0 Å². The van der Waals surface area contributed by atoms with Crippen molar-refractivity contribution in [3.05, 3.63) is 35.1 Å². The van der Waals surface area contributed by atoms with Gasteiger partial charge in [-0.1, -0.05) is 6.07 Å². The molecule has 1 aromatic rings. The molecule has 8 heteroatoms. The predicted octanol–water partition coefficient (Wildman–Crippen LogP) is 2.45. The summed E-state index contributed by atoms with van der Waals surface area (Å²) in [5.74, 6) is 0.899. The number of halogens is 2. The Bertz CT molecular complexity index is 676. The Morgan fingerprint density at radius 2 is 2.00 bits per heavy atom. The topological polar surface area (TPSA) is 70.6 Å². The highest BCUT2D eigenvalue weighted by Crippen LogP contribution is 2.27. The fourth-order valence-electron chi connectivity index (χ4n) is 2.23. The van der Waals surface area contributed by atoms with Crippen LogP contribution in [0, 0.1) is 11.7 Å². The maximum Gasteiger partial charge on any atom is 0.191 e. The number of aliphatic imine (C=N–C) groups is 1. The Kier molecular flexibility index (Phi) is 8.41. The van der Waals surface area contributed by atoms with E-state index in [0.717, 1.165) is 13.1 Å². The molecule has 2 rings (SSSR count). The first-order chi connectivity index (χ1) is 10.9. The van der Waals surface area contributed by atoms with Gasteiger partial charge >= 0.3 is 0 Å². The minimum Gasteiger partial charge on any atom is -0.357 e. The molecule has 24 heavy (non-hydrogen) atoms. The molecule has 1 aliphatic carbocycles. The lowest BCUT2D eigenvalue weighted by molar-refractivity contribution is 0.600. The first-order valence-corrected chi connectivity index (χ1v) is 9.90. The molecule has 0 atom stereocenters. The highest BCUT2D eigenvalue weighted by molar-refractivity contribution is 14.0. The zero-order chi connectivity index (χ0) is 16.9. The van der Waals surface area contributed by atoms with Crippen molar-refractivity contribution in [1.82, 2.24) is 10.6 Å². The van der Waals surface area contributed by atoms with Gasteiger partial charge in [0.25, 0.3) is 0 Å². The van der Waals surface area contributed by atoms with Gasteiger partial charge in [0, 0.05) is 19.3 Å². The van der Waals surface area contributed by atoms with Gasteiger partial charge < -0.3 is 10.6 Å². The molecule has 0 bridgehead atoms. The zero-order valence-corrected chi connectivity index (χ0v) is 17.2. The molecule has 1 fully saturated rings. The number of nitrogens with one attached hydrogen (secondary N) is 2. The molecule has 0 unspecified atom stereocenters. The van der Waals surface area contributed by atoms with Gasteiger partial charge in [0.1, 0.15) is 5.82 Å². The third-order valence-corrected chi connectivity index (χ3v) is 4.43. The summed E-state index contributed by atoms with van der Waals surface area (Å²) >= 11 is 0. The van der Waals surface area contributed by atoms with Crippen molar-refractivity contribution in [2.24, 2.45) is 10.9 Å². The molecule has 1 saturated carbocycles. The summed E-state index contributed by atoms with van der Waals surface area (Å²) in [4.78, 5) is 4.45. The summed E-state index contributed by atoms with van der Waals surface area (Å²) in [6.45, 7) is 3.83. The van der Waals surface area contributed by atoms with Crippen molar-refractivity contribution in [2.75, 3.05) is 19.3 Å². The summed E-state index contributed by atoms with van der Waals surface area (Å²) < 4.78 is 36.5. The number of hydrogen-bond donors (Lipinski definition) is 2. The van der Waals surface area contributed by atoms with Gasteiger partial charge in [-0.2, -0.15) is 0 Å². The van der Waals surface area contributed by atoms with Gasteiger partial charge in [0.15, 0.2) is 15.8 Å². The van der Waals surface area contributed by atoms with Crippen molar-refractivity contribution in [2.45, 2.75) is 32.1 Å². The molecule has 2 N–H and O–H groups in total. The Balaban J connectivity index is 0.00000288. The highest BCUT2D eigenvalue weighted by atomic mass is 127. The number of benzene rings is 1. The SMILES string of the molecule is CCNC(=NCc1cc(F)ccc1CS(C)(=O)=O)NCC1CC1.I. The Morgan fingerprint density at radius 1 is 1.29 bits per heavy atom. The Morgan fingerprint density at radius 3 is 2.58 bits per heavy atom.